The van der Waals surface area contributed by atoms with Gasteiger partial charge in [-0.05, 0) is 36.3 Å². The summed E-state index contributed by atoms with van der Waals surface area (Å²) in [4.78, 5) is 21.5. The minimum absolute atomic E-state index is 0.0836. The second kappa shape index (κ2) is 6.59. The highest BCUT2D eigenvalue weighted by molar-refractivity contribution is 5.82. The van der Waals surface area contributed by atoms with Crippen molar-refractivity contribution in [2.75, 3.05) is 46.0 Å². The van der Waals surface area contributed by atoms with E-state index in [9.17, 15) is 4.79 Å². The van der Waals surface area contributed by atoms with Crippen molar-refractivity contribution < 1.29 is 14.3 Å². The molecule has 6 heteroatoms. The van der Waals surface area contributed by atoms with E-state index in [4.69, 9.17) is 9.47 Å². The molecule has 1 saturated carbocycles. The Morgan fingerprint density at radius 3 is 2.77 bits per heavy atom. The maximum Gasteiger partial charge on any atom is 0.226 e. The Bertz CT molecular complexity index is 650. The van der Waals surface area contributed by atoms with Crippen LogP contribution in [0.2, 0.25) is 0 Å². The summed E-state index contributed by atoms with van der Waals surface area (Å²) in [6, 6.07) is 4.13. The smallest absolute Gasteiger partial charge is 0.226 e. The van der Waals surface area contributed by atoms with E-state index >= 15 is 0 Å². The van der Waals surface area contributed by atoms with Crippen LogP contribution in [0.1, 0.15) is 18.4 Å². The minimum Gasteiger partial charge on any atom is -0.381 e. The van der Waals surface area contributed by atoms with E-state index in [0.29, 0.717) is 17.7 Å². The fourth-order valence-corrected chi connectivity index (χ4v) is 5.06. The molecule has 0 bridgehead atoms. The molecular formula is C20H27N3O3. The average molecular weight is 357 g/mol. The van der Waals surface area contributed by atoms with Crippen molar-refractivity contribution in [3.63, 3.8) is 0 Å². The highest BCUT2D eigenvalue weighted by atomic mass is 16.5. The molecule has 26 heavy (non-hydrogen) atoms. The fourth-order valence-electron chi connectivity index (χ4n) is 5.06. The van der Waals surface area contributed by atoms with Crippen LogP contribution in [0.5, 0.6) is 0 Å². The number of hydrogen-bond donors (Lipinski definition) is 0. The summed E-state index contributed by atoms with van der Waals surface area (Å²) in [5.41, 5.74) is 1.17. The Morgan fingerprint density at radius 2 is 2.04 bits per heavy atom. The molecule has 3 atom stereocenters. The molecule has 6 nitrogen and oxygen atoms in total. The molecule has 5 rings (SSSR count). The monoisotopic (exact) mass is 357 g/mol. The van der Waals surface area contributed by atoms with Crippen molar-refractivity contribution in [1.82, 2.24) is 14.8 Å². The second-order valence-electron chi connectivity index (χ2n) is 8.32. The Kier molecular flexibility index (Phi) is 4.22. The first kappa shape index (κ1) is 16.7. The first-order chi connectivity index (χ1) is 12.7. The number of likely N-dealkylation sites (tertiary alicyclic amines) is 1. The summed E-state index contributed by atoms with van der Waals surface area (Å²) in [5, 5.41) is 0. The van der Waals surface area contributed by atoms with Gasteiger partial charge in [0.15, 0.2) is 0 Å². The van der Waals surface area contributed by atoms with E-state index in [-0.39, 0.29) is 11.5 Å². The zero-order valence-electron chi connectivity index (χ0n) is 15.2. The zero-order chi connectivity index (χ0) is 17.6. The molecule has 1 aromatic rings. The maximum atomic E-state index is 12.8. The third kappa shape index (κ3) is 3.04. The van der Waals surface area contributed by atoms with Gasteiger partial charge in [-0.25, -0.2) is 0 Å². The lowest BCUT2D eigenvalue weighted by molar-refractivity contribution is -0.153. The van der Waals surface area contributed by atoms with Gasteiger partial charge in [0, 0.05) is 51.0 Å². The molecule has 3 saturated heterocycles. The molecule has 0 radical (unpaired) electrons. The number of carbonyl (C=O) groups excluding carboxylic acids is 1. The lowest BCUT2D eigenvalue weighted by atomic mass is 9.89. The van der Waals surface area contributed by atoms with E-state index < -0.39 is 0 Å². The lowest BCUT2D eigenvalue weighted by Crippen LogP contribution is -2.57. The molecule has 1 aromatic heterocycles. The normalized spacial score (nSPS) is 33.2. The third-order valence-electron chi connectivity index (χ3n) is 6.68. The van der Waals surface area contributed by atoms with Gasteiger partial charge in [-0.15, -0.1) is 0 Å². The molecular weight excluding hydrogens is 330 g/mol. The predicted molar refractivity (Wildman–Crippen MR) is 95.3 cm³/mol. The van der Waals surface area contributed by atoms with Crippen molar-refractivity contribution in [2.45, 2.75) is 25.0 Å². The van der Waals surface area contributed by atoms with Gasteiger partial charge in [-0.3, -0.25) is 14.7 Å². The van der Waals surface area contributed by atoms with Crippen LogP contribution in [-0.4, -0.2) is 72.3 Å². The van der Waals surface area contributed by atoms with Gasteiger partial charge in [0.05, 0.1) is 25.4 Å². The van der Waals surface area contributed by atoms with Crippen LogP contribution >= 0.6 is 0 Å². The lowest BCUT2D eigenvalue weighted by Gasteiger charge is -2.47. The Labute approximate surface area is 154 Å². The van der Waals surface area contributed by atoms with E-state index in [1.165, 1.54) is 5.56 Å². The summed E-state index contributed by atoms with van der Waals surface area (Å²) in [7, 11) is 0. The first-order valence-electron chi connectivity index (χ1n) is 9.86. The van der Waals surface area contributed by atoms with Crippen molar-refractivity contribution in [3.05, 3.63) is 30.1 Å². The molecule has 0 N–H and O–H groups in total. The number of morpholine rings is 1. The summed E-state index contributed by atoms with van der Waals surface area (Å²) in [6.07, 6.45) is 5.65. The molecule has 1 spiro atoms. The number of amides is 1. The van der Waals surface area contributed by atoms with Crippen molar-refractivity contribution in [3.8, 4) is 0 Å². The van der Waals surface area contributed by atoms with Crippen LogP contribution in [0.25, 0.3) is 0 Å². The number of ether oxygens (including phenoxy) is 2. The zero-order valence-corrected chi connectivity index (χ0v) is 15.2. The van der Waals surface area contributed by atoms with E-state index in [1.54, 1.807) is 0 Å². The van der Waals surface area contributed by atoms with Crippen LogP contribution in [0.3, 0.4) is 0 Å². The van der Waals surface area contributed by atoms with Crippen LogP contribution in [0.15, 0.2) is 24.5 Å². The number of piperidine rings is 1. The number of fused-ring (bicyclic) bond motifs is 1. The number of aromatic nitrogens is 1. The number of carbonyl (C=O) groups is 1. The van der Waals surface area contributed by atoms with Crippen molar-refractivity contribution in [2.24, 2.45) is 17.8 Å². The topological polar surface area (TPSA) is 54.9 Å². The van der Waals surface area contributed by atoms with Gasteiger partial charge >= 0.3 is 0 Å². The fraction of sp³-hybridized carbons (Fsp3) is 0.700. The molecule has 1 unspecified atom stereocenters. The molecule has 140 valence electrons. The van der Waals surface area contributed by atoms with Crippen LogP contribution < -0.4 is 0 Å². The second-order valence-corrected chi connectivity index (χ2v) is 8.32. The predicted octanol–water partition coefficient (Wildman–Crippen LogP) is 1.17. The average Bonchev–Trinajstić information content (AvgIpc) is 3.14. The molecule has 4 aliphatic rings. The van der Waals surface area contributed by atoms with Crippen molar-refractivity contribution in [1.29, 1.82) is 0 Å². The van der Waals surface area contributed by atoms with Crippen LogP contribution in [-0.2, 0) is 20.8 Å². The van der Waals surface area contributed by atoms with Gasteiger partial charge in [0.1, 0.15) is 0 Å². The summed E-state index contributed by atoms with van der Waals surface area (Å²) >= 11 is 0. The Hall–Kier alpha value is -1.50. The Balaban J connectivity index is 1.17. The van der Waals surface area contributed by atoms with Gasteiger partial charge in [-0.1, -0.05) is 6.07 Å². The molecule has 1 aliphatic carbocycles. The quantitative estimate of drug-likeness (QED) is 0.813. The molecule has 3 aliphatic heterocycles. The van der Waals surface area contributed by atoms with Gasteiger partial charge in [0.2, 0.25) is 5.91 Å². The van der Waals surface area contributed by atoms with Crippen LogP contribution in [0, 0.1) is 17.8 Å². The first-order valence-corrected chi connectivity index (χ1v) is 9.86. The number of hydrogen-bond acceptors (Lipinski definition) is 5. The number of pyridine rings is 1. The largest absolute Gasteiger partial charge is 0.381 e. The van der Waals surface area contributed by atoms with E-state index in [0.717, 1.165) is 65.4 Å². The third-order valence-corrected chi connectivity index (χ3v) is 6.68. The van der Waals surface area contributed by atoms with Gasteiger partial charge in [-0.2, -0.15) is 0 Å². The highest BCUT2D eigenvalue weighted by Crippen LogP contribution is 2.51. The van der Waals surface area contributed by atoms with E-state index in [2.05, 4.69) is 20.9 Å². The maximum absolute atomic E-state index is 12.8. The molecule has 1 amide bonds. The molecule has 4 heterocycles. The minimum atomic E-state index is -0.0836. The molecule has 4 fully saturated rings. The van der Waals surface area contributed by atoms with E-state index in [1.807, 2.05) is 18.5 Å². The Morgan fingerprint density at radius 1 is 1.23 bits per heavy atom. The highest BCUT2D eigenvalue weighted by Gasteiger charge is 2.59. The summed E-state index contributed by atoms with van der Waals surface area (Å²) in [5.74, 6) is 1.60. The summed E-state index contributed by atoms with van der Waals surface area (Å²) in [6.45, 7) is 6.84. The number of nitrogens with zero attached hydrogens (tertiary/aromatic N) is 3. The SMILES string of the molecule is O=C(C1[C@H]2COC[C@@H]12)N1CCC2(CC1)CN(Cc1cccnc1)CCO2. The number of rotatable bonds is 3. The summed E-state index contributed by atoms with van der Waals surface area (Å²) < 4.78 is 11.7. The standard InChI is InChI=1S/C20H27N3O3/c24-19(18-16-12-25-13-17(16)18)23-6-3-20(4-7-23)14-22(8-9-26-20)11-15-2-1-5-21-10-15/h1-2,5,10,16-18H,3-4,6-9,11-14H2/t16-,17+,18?. The molecule has 0 aromatic carbocycles. The van der Waals surface area contributed by atoms with Gasteiger partial charge in [0.25, 0.3) is 0 Å². The van der Waals surface area contributed by atoms with Crippen LogP contribution in [0.4, 0.5) is 0 Å². The van der Waals surface area contributed by atoms with Crippen molar-refractivity contribution >= 4 is 5.91 Å². The van der Waals surface area contributed by atoms with Gasteiger partial charge < -0.3 is 14.4 Å².